The number of hydrogen-bond donors (Lipinski definition) is 1. The second kappa shape index (κ2) is 4.75. The van der Waals surface area contributed by atoms with Gasteiger partial charge in [-0.05, 0) is 24.3 Å². The molecule has 4 heteroatoms. The van der Waals surface area contributed by atoms with E-state index in [1.165, 1.54) is 0 Å². The fourth-order valence-electron chi connectivity index (χ4n) is 1.69. The van der Waals surface area contributed by atoms with Crippen LogP contribution in [0.25, 0.3) is 17.0 Å². The summed E-state index contributed by atoms with van der Waals surface area (Å²) in [7, 11) is 3.88. The largest absolute Gasteiger partial charge is 0.383 e. The van der Waals surface area contributed by atoms with Crippen molar-refractivity contribution in [2.75, 3.05) is 14.1 Å². The van der Waals surface area contributed by atoms with Gasteiger partial charge in [-0.1, -0.05) is 15.9 Å². The fraction of sp³-hybridized carbons (Fsp3) is 0.154. The molecule has 0 aliphatic rings. The SMILES string of the molecule is CN(C)/C=C/c1[nH]c2ccc(Br)cc2c1C=O. The summed E-state index contributed by atoms with van der Waals surface area (Å²) in [4.78, 5) is 16.3. The highest BCUT2D eigenvalue weighted by Crippen LogP contribution is 2.25. The van der Waals surface area contributed by atoms with Gasteiger partial charge < -0.3 is 9.88 Å². The molecule has 0 atom stereocenters. The normalized spacial score (nSPS) is 11.2. The number of aromatic nitrogens is 1. The highest BCUT2D eigenvalue weighted by molar-refractivity contribution is 9.10. The van der Waals surface area contributed by atoms with Gasteiger partial charge in [-0.2, -0.15) is 0 Å². The molecule has 0 bridgehead atoms. The van der Waals surface area contributed by atoms with Gasteiger partial charge in [0, 0.05) is 41.2 Å². The Morgan fingerprint density at radius 2 is 2.12 bits per heavy atom. The molecule has 0 amide bonds. The fourth-order valence-corrected chi connectivity index (χ4v) is 2.05. The minimum absolute atomic E-state index is 0.694. The molecule has 0 fully saturated rings. The Morgan fingerprint density at radius 3 is 2.76 bits per heavy atom. The van der Waals surface area contributed by atoms with Crippen molar-refractivity contribution >= 4 is 39.2 Å². The van der Waals surface area contributed by atoms with Crippen molar-refractivity contribution in [2.45, 2.75) is 0 Å². The average molecular weight is 293 g/mol. The van der Waals surface area contributed by atoms with Crippen molar-refractivity contribution in [3.63, 3.8) is 0 Å². The average Bonchev–Trinajstić information content (AvgIpc) is 2.63. The summed E-state index contributed by atoms with van der Waals surface area (Å²) < 4.78 is 0.968. The van der Waals surface area contributed by atoms with E-state index in [0.717, 1.165) is 27.4 Å². The van der Waals surface area contributed by atoms with Crippen molar-refractivity contribution in [3.05, 3.63) is 40.1 Å². The van der Waals surface area contributed by atoms with Crippen LogP contribution in [0.1, 0.15) is 16.1 Å². The third kappa shape index (κ3) is 2.42. The summed E-state index contributed by atoms with van der Waals surface area (Å²) >= 11 is 3.41. The van der Waals surface area contributed by atoms with Gasteiger partial charge in [0.05, 0.1) is 5.69 Å². The molecule has 2 rings (SSSR count). The number of benzene rings is 1. The molecule has 0 saturated carbocycles. The standard InChI is InChI=1S/C13H13BrN2O/c1-16(2)6-5-13-11(8-17)10-7-9(14)3-4-12(10)15-13/h3-8,15H,1-2H3/b6-5+. The Hall–Kier alpha value is -1.55. The molecule has 0 unspecified atom stereocenters. The van der Waals surface area contributed by atoms with Crippen LogP contribution in [0.3, 0.4) is 0 Å². The van der Waals surface area contributed by atoms with Gasteiger partial charge in [-0.15, -0.1) is 0 Å². The van der Waals surface area contributed by atoms with E-state index < -0.39 is 0 Å². The minimum Gasteiger partial charge on any atom is -0.383 e. The number of nitrogens with one attached hydrogen (secondary N) is 1. The highest BCUT2D eigenvalue weighted by Gasteiger charge is 2.08. The molecule has 17 heavy (non-hydrogen) atoms. The molecule has 1 aromatic carbocycles. The number of nitrogens with zero attached hydrogens (tertiary/aromatic N) is 1. The zero-order valence-corrected chi connectivity index (χ0v) is 11.3. The summed E-state index contributed by atoms with van der Waals surface area (Å²) in [6.45, 7) is 0. The molecule has 3 nitrogen and oxygen atoms in total. The Balaban J connectivity index is 2.60. The van der Waals surface area contributed by atoms with Crippen LogP contribution in [0.4, 0.5) is 0 Å². The summed E-state index contributed by atoms with van der Waals surface area (Å²) in [5, 5.41) is 0.938. The van der Waals surface area contributed by atoms with Gasteiger partial charge in [0.25, 0.3) is 0 Å². The second-order valence-electron chi connectivity index (χ2n) is 4.04. The topological polar surface area (TPSA) is 36.1 Å². The van der Waals surface area contributed by atoms with Gasteiger partial charge in [-0.3, -0.25) is 4.79 Å². The number of halogens is 1. The van der Waals surface area contributed by atoms with E-state index >= 15 is 0 Å². The number of H-pyrrole nitrogens is 1. The first-order chi connectivity index (χ1) is 8.11. The molecule has 1 aromatic heterocycles. The quantitative estimate of drug-likeness (QED) is 0.882. The molecular formula is C13H13BrN2O. The molecule has 0 saturated heterocycles. The van der Waals surface area contributed by atoms with Crippen LogP contribution < -0.4 is 0 Å². The van der Waals surface area contributed by atoms with Crippen molar-refractivity contribution in [1.29, 1.82) is 0 Å². The number of aromatic amines is 1. The summed E-state index contributed by atoms with van der Waals surface area (Å²) in [6.07, 6.45) is 4.70. The first-order valence-corrected chi connectivity index (χ1v) is 6.02. The van der Waals surface area contributed by atoms with E-state index in [1.54, 1.807) is 0 Å². The molecule has 1 N–H and O–H groups in total. The number of rotatable bonds is 3. The van der Waals surface area contributed by atoms with Crippen molar-refractivity contribution in [2.24, 2.45) is 0 Å². The number of aldehydes is 1. The molecule has 0 spiro atoms. The monoisotopic (exact) mass is 292 g/mol. The van der Waals surface area contributed by atoms with Crippen LogP contribution >= 0.6 is 15.9 Å². The zero-order chi connectivity index (χ0) is 12.4. The number of carbonyl (C=O) groups is 1. The zero-order valence-electron chi connectivity index (χ0n) is 9.70. The number of hydrogen-bond acceptors (Lipinski definition) is 2. The summed E-state index contributed by atoms with van der Waals surface area (Å²) in [5.74, 6) is 0. The van der Waals surface area contributed by atoms with E-state index in [9.17, 15) is 4.79 Å². The maximum absolute atomic E-state index is 11.2. The predicted octanol–water partition coefficient (Wildman–Crippen LogP) is 3.28. The smallest absolute Gasteiger partial charge is 0.152 e. The molecule has 88 valence electrons. The first-order valence-electron chi connectivity index (χ1n) is 5.23. The Kier molecular flexibility index (Phi) is 3.33. The first kappa shape index (κ1) is 11.9. The van der Waals surface area contributed by atoms with Crippen LogP contribution in [0.15, 0.2) is 28.9 Å². The molecule has 0 aliphatic heterocycles. The van der Waals surface area contributed by atoms with E-state index in [-0.39, 0.29) is 0 Å². The van der Waals surface area contributed by atoms with Crippen LogP contribution in [-0.4, -0.2) is 30.3 Å². The van der Waals surface area contributed by atoms with Crippen LogP contribution in [0.5, 0.6) is 0 Å². The molecule has 1 heterocycles. The van der Waals surface area contributed by atoms with Gasteiger partial charge in [0.15, 0.2) is 6.29 Å². The van der Waals surface area contributed by atoms with E-state index in [1.807, 2.05) is 49.5 Å². The lowest BCUT2D eigenvalue weighted by atomic mass is 10.1. The minimum atomic E-state index is 0.694. The Bertz CT molecular complexity index is 584. The van der Waals surface area contributed by atoms with E-state index in [2.05, 4.69) is 20.9 Å². The molecule has 2 aromatic rings. The van der Waals surface area contributed by atoms with Crippen molar-refractivity contribution in [3.8, 4) is 0 Å². The van der Waals surface area contributed by atoms with Gasteiger partial charge in [-0.25, -0.2) is 0 Å². The molecule has 0 radical (unpaired) electrons. The lowest BCUT2D eigenvalue weighted by Gasteiger charge is -2.02. The van der Waals surface area contributed by atoms with Crippen LogP contribution in [0, 0.1) is 0 Å². The lowest BCUT2D eigenvalue weighted by Crippen LogP contribution is -1.99. The molecular weight excluding hydrogens is 280 g/mol. The van der Waals surface area contributed by atoms with Crippen molar-refractivity contribution < 1.29 is 4.79 Å². The van der Waals surface area contributed by atoms with Crippen molar-refractivity contribution in [1.82, 2.24) is 9.88 Å². The van der Waals surface area contributed by atoms with Gasteiger partial charge >= 0.3 is 0 Å². The predicted molar refractivity (Wildman–Crippen MR) is 74.1 cm³/mol. The van der Waals surface area contributed by atoms with Crippen LogP contribution in [0.2, 0.25) is 0 Å². The van der Waals surface area contributed by atoms with Gasteiger partial charge in [0.2, 0.25) is 0 Å². The lowest BCUT2D eigenvalue weighted by molar-refractivity contribution is 0.112. The highest BCUT2D eigenvalue weighted by atomic mass is 79.9. The van der Waals surface area contributed by atoms with Crippen LogP contribution in [-0.2, 0) is 0 Å². The second-order valence-corrected chi connectivity index (χ2v) is 4.96. The summed E-state index contributed by atoms with van der Waals surface area (Å²) in [5.41, 5.74) is 2.50. The number of fused-ring (bicyclic) bond motifs is 1. The Labute approximate surface area is 108 Å². The molecule has 0 aliphatic carbocycles. The van der Waals surface area contributed by atoms with Gasteiger partial charge in [0.1, 0.15) is 0 Å². The third-order valence-electron chi connectivity index (χ3n) is 2.49. The maximum atomic E-state index is 11.2. The van der Waals surface area contributed by atoms with E-state index in [4.69, 9.17) is 0 Å². The maximum Gasteiger partial charge on any atom is 0.152 e. The Morgan fingerprint density at radius 1 is 1.35 bits per heavy atom. The third-order valence-corrected chi connectivity index (χ3v) is 2.98. The number of carbonyl (C=O) groups excluding carboxylic acids is 1. The van der Waals surface area contributed by atoms with E-state index in [0.29, 0.717) is 5.56 Å². The summed E-state index contributed by atoms with van der Waals surface area (Å²) in [6, 6.07) is 5.86.